The van der Waals surface area contributed by atoms with Crippen molar-refractivity contribution in [1.82, 2.24) is 24.1 Å². The lowest BCUT2D eigenvalue weighted by Gasteiger charge is -2.35. The Bertz CT molecular complexity index is 1420. The number of fused-ring (bicyclic) bond motifs is 1. The molecule has 1 aromatic carbocycles. The molecule has 0 bridgehead atoms. The number of aromatic nitrogens is 4. The zero-order valence-corrected chi connectivity index (χ0v) is 22.6. The maximum absolute atomic E-state index is 14.1. The van der Waals surface area contributed by atoms with Gasteiger partial charge in [0.15, 0.2) is 17.4 Å². The van der Waals surface area contributed by atoms with Gasteiger partial charge in [0.05, 0.1) is 29.4 Å². The average Bonchev–Trinajstić information content (AvgIpc) is 3.39. The SMILES string of the molecule is CCn1cc(-c2nc3c(nc2N2CCC(Oc4ccc(F)cc4F)CC2)CCN(S(=O)(=O)C(C)C)C3)cn1. The summed E-state index contributed by atoms with van der Waals surface area (Å²) in [6.07, 6.45) is 5.20. The van der Waals surface area contributed by atoms with Gasteiger partial charge in [-0.1, -0.05) is 0 Å². The van der Waals surface area contributed by atoms with Crippen LogP contribution in [0.15, 0.2) is 30.6 Å². The molecule has 4 heterocycles. The van der Waals surface area contributed by atoms with Crippen molar-refractivity contribution in [2.75, 3.05) is 24.5 Å². The zero-order valence-electron chi connectivity index (χ0n) is 21.8. The van der Waals surface area contributed by atoms with Gasteiger partial charge in [0.25, 0.3) is 0 Å². The molecule has 0 unspecified atom stereocenters. The van der Waals surface area contributed by atoms with Crippen LogP contribution in [0, 0.1) is 11.6 Å². The minimum absolute atomic E-state index is 0.0481. The van der Waals surface area contributed by atoms with Gasteiger partial charge in [-0.25, -0.2) is 27.2 Å². The fraction of sp³-hybridized carbons (Fsp3) is 0.500. The predicted octanol–water partition coefficient (Wildman–Crippen LogP) is 3.78. The monoisotopic (exact) mass is 546 g/mol. The number of anilines is 1. The number of hydrogen-bond donors (Lipinski definition) is 0. The van der Waals surface area contributed by atoms with Crippen LogP contribution < -0.4 is 9.64 Å². The normalized spacial score (nSPS) is 17.2. The molecule has 2 aromatic heterocycles. The first-order chi connectivity index (χ1) is 18.2. The number of nitrogens with zero attached hydrogens (tertiary/aromatic N) is 6. The van der Waals surface area contributed by atoms with Crippen LogP contribution in [0.3, 0.4) is 0 Å². The van der Waals surface area contributed by atoms with Gasteiger partial charge >= 0.3 is 0 Å². The maximum Gasteiger partial charge on any atom is 0.216 e. The highest BCUT2D eigenvalue weighted by atomic mass is 32.2. The second-order valence-electron chi connectivity index (χ2n) is 9.93. The number of piperidine rings is 1. The third-order valence-electron chi connectivity index (χ3n) is 7.07. The number of hydrogen-bond acceptors (Lipinski definition) is 7. The van der Waals surface area contributed by atoms with E-state index in [9.17, 15) is 17.2 Å². The van der Waals surface area contributed by atoms with Gasteiger partial charge in [0, 0.05) is 63.3 Å². The smallest absolute Gasteiger partial charge is 0.216 e. The van der Waals surface area contributed by atoms with Crippen molar-refractivity contribution in [2.24, 2.45) is 0 Å². The van der Waals surface area contributed by atoms with Crippen LogP contribution in [0.4, 0.5) is 14.6 Å². The largest absolute Gasteiger partial charge is 0.487 e. The van der Waals surface area contributed by atoms with E-state index >= 15 is 0 Å². The lowest BCUT2D eigenvalue weighted by atomic mass is 10.1. The molecule has 0 amide bonds. The Kier molecular flexibility index (Phi) is 7.36. The Balaban J connectivity index is 1.41. The van der Waals surface area contributed by atoms with E-state index in [1.165, 1.54) is 16.4 Å². The summed E-state index contributed by atoms with van der Waals surface area (Å²) in [5.41, 5.74) is 2.94. The molecule has 9 nitrogen and oxygen atoms in total. The molecule has 2 aliphatic heterocycles. The summed E-state index contributed by atoms with van der Waals surface area (Å²) in [6, 6.07) is 3.33. The molecule has 0 N–H and O–H groups in total. The molecule has 2 aliphatic rings. The van der Waals surface area contributed by atoms with Gasteiger partial charge in [0.1, 0.15) is 17.6 Å². The summed E-state index contributed by atoms with van der Waals surface area (Å²) in [4.78, 5) is 12.1. The first-order valence-electron chi connectivity index (χ1n) is 12.9. The third-order valence-corrected chi connectivity index (χ3v) is 9.29. The van der Waals surface area contributed by atoms with Gasteiger partial charge in [-0.3, -0.25) is 4.68 Å². The summed E-state index contributed by atoms with van der Waals surface area (Å²) in [5, 5.41) is 3.89. The summed E-state index contributed by atoms with van der Waals surface area (Å²) < 4.78 is 62.1. The lowest BCUT2D eigenvalue weighted by molar-refractivity contribution is 0.163. The molecule has 0 radical (unpaired) electrons. The summed E-state index contributed by atoms with van der Waals surface area (Å²) in [7, 11) is -3.41. The Morgan fingerprint density at radius 2 is 1.87 bits per heavy atom. The molecular formula is C26H32F2N6O3S. The highest BCUT2D eigenvalue weighted by Gasteiger charge is 2.33. The number of halogens is 2. The Hall–Kier alpha value is -3.12. The molecule has 0 spiro atoms. The van der Waals surface area contributed by atoms with Gasteiger partial charge in [-0.05, 0) is 32.9 Å². The molecular weight excluding hydrogens is 514 g/mol. The van der Waals surface area contributed by atoms with Crippen molar-refractivity contribution in [1.29, 1.82) is 0 Å². The molecule has 1 saturated heterocycles. The number of aryl methyl sites for hydroxylation is 1. The number of benzene rings is 1. The van der Waals surface area contributed by atoms with Crippen LogP contribution in [0.5, 0.6) is 5.75 Å². The topological polar surface area (TPSA) is 93.5 Å². The molecule has 38 heavy (non-hydrogen) atoms. The Labute approximate surface area is 221 Å². The van der Waals surface area contributed by atoms with Crippen LogP contribution >= 0.6 is 0 Å². The average molecular weight is 547 g/mol. The first kappa shape index (κ1) is 26.5. The second kappa shape index (κ2) is 10.6. The quantitative estimate of drug-likeness (QED) is 0.445. The van der Waals surface area contributed by atoms with E-state index in [1.54, 1.807) is 20.0 Å². The molecule has 204 valence electrons. The van der Waals surface area contributed by atoms with Gasteiger partial charge in [0.2, 0.25) is 10.0 Å². The predicted molar refractivity (Wildman–Crippen MR) is 139 cm³/mol. The van der Waals surface area contributed by atoms with E-state index in [1.807, 2.05) is 17.8 Å². The number of ether oxygens (including phenoxy) is 1. The summed E-state index contributed by atoms with van der Waals surface area (Å²) >= 11 is 0. The molecule has 0 atom stereocenters. The van der Waals surface area contributed by atoms with Crippen LogP contribution in [-0.2, 0) is 29.5 Å². The summed E-state index contributed by atoms with van der Waals surface area (Å²) in [5.74, 6) is -0.575. The number of sulfonamides is 1. The standard InChI is InChI=1S/C26H32F2N6O3S/c1-4-33-15-18(14-29-33)25-26(31-22-9-12-34(16-23(22)30-25)38(35,36)17(2)3)32-10-7-20(8-11-32)37-24-6-5-19(27)13-21(24)28/h5-6,13-15,17,20H,4,7-12,16H2,1-3H3. The Morgan fingerprint density at radius 3 is 2.53 bits per heavy atom. The second-order valence-corrected chi connectivity index (χ2v) is 12.4. The van der Waals surface area contributed by atoms with E-state index in [4.69, 9.17) is 14.7 Å². The van der Waals surface area contributed by atoms with Gasteiger partial charge < -0.3 is 9.64 Å². The van der Waals surface area contributed by atoms with Crippen molar-refractivity contribution in [2.45, 2.75) is 64.5 Å². The van der Waals surface area contributed by atoms with Crippen molar-refractivity contribution in [3.05, 3.63) is 53.6 Å². The van der Waals surface area contributed by atoms with E-state index in [0.717, 1.165) is 23.1 Å². The lowest BCUT2D eigenvalue weighted by Crippen LogP contribution is -2.42. The highest BCUT2D eigenvalue weighted by molar-refractivity contribution is 7.89. The van der Waals surface area contributed by atoms with E-state index in [-0.39, 0.29) is 18.4 Å². The van der Waals surface area contributed by atoms with Crippen LogP contribution in [0.2, 0.25) is 0 Å². The Morgan fingerprint density at radius 1 is 1.11 bits per heavy atom. The molecule has 12 heteroatoms. The van der Waals surface area contributed by atoms with E-state index < -0.39 is 26.9 Å². The molecule has 0 aliphatic carbocycles. The van der Waals surface area contributed by atoms with Crippen molar-refractivity contribution in [3.8, 4) is 17.0 Å². The molecule has 3 aromatic rings. The van der Waals surface area contributed by atoms with E-state index in [2.05, 4.69) is 10.00 Å². The van der Waals surface area contributed by atoms with Crippen molar-refractivity contribution in [3.63, 3.8) is 0 Å². The van der Waals surface area contributed by atoms with Crippen LogP contribution in [-0.4, -0.2) is 63.5 Å². The fourth-order valence-electron chi connectivity index (χ4n) is 4.82. The summed E-state index contributed by atoms with van der Waals surface area (Å²) in [6.45, 7) is 7.86. The van der Waals surface area contributed by atoms with Gasteiger partial charge in [-0.15, -0.1) is 0 Å². The fourth-order valence-corrected chi connectivity index (χ4v) is 6.07. The zero-order chi connectivity index (χ0) is 27.0. The van der Waals surface area contributed by atoms with Crippen molar-refractivity contribution < 1.29 is 21.9 Å². The molecule has 1 fully saturated rings. The maximum atomic E-state index is 14.1. The van der Waals surface area contributed by atoms with Crippen LogP contribution in [0.25, 0.3) is 11.3 Å². The van der Waals surface area contributed by atoms with Gasteiger partial charge in [-0.2, -0.15) is 9.40 Å². The minimum Gasteiger partial charge on any atom is -0.487 e. The van der Waals surface area contributed by atoms with E-state index in [0.29, 0.717) is 56.8 Å². The molecule has 0 saturated carbocycles. The van der Waals surface area contributed by atoms with Crippen LogP contribution in [0.1, 0.15) is 45.0 Å². The number of rotatable bonds is 7. The van der Waals surface area contributed by atoms with Crippen molar-refractivity contribution >= 4 is 15.8 Å². The molecule has 5 rings (SSSR count). The minimum atomic E-state index is -3.41. The highest BCUT2D eigenvalue weighted by Crippen LogP contribution is 2.33. The third kappa shape index (κ3) is 5.24. The first-order valence-corrected chi connectivity index (χ1v) is 14.4.